The van der Waals surface area contributed by atoms with Crippen molar-refractivity contribution < 1.29 is 9.59 Å². The number of piperidine rings is 1. The van der Waals surface area contributed by atoms with Crippen LogP contribution in [0.4, 0.5) is 5.69 Å². The van der Waals surface area contributed by atoms with Gasteiger partial charge in [-0.2, -0.15) is 5.10 Å². The molecular weight excluding hydrogens is 352 g/mol. The van der Waals surface area contributed by atoms with Gasteiger partial charge in [-0.3, -0.25) is 9.59 Å². The van der Waals surface area contributed by atoms with Gasteiger partial charge in [-0.15, -0.1) is 0 Å². The number of hydrogen-bond donors (Lipinski definition) is 1. The van der Waals surface area contributed by atoms with Gasteiger partial charge in [0.2, 0.25) is 11.8 Å². The van der Waals surface area contributed by atoms with Gasteiger partial charge in [0, 0.05) is 24.0 Å². The molecule has 3 rings (SSSR count). The van der Waals surface area contributed by atoms with Crippen molar-refractivity contribution in [2.24, 2.45) is 0 Å². The summed E-state index contributed by atoms with van der Waals surface area (Å²) < 4.78 is 1.88. The van der Waals surface area contributed by atoms with E-state index in [1.807, 2.05) is 62.7 Å². The lowest BCUT2D eigenvalue weighted by molar-refractivity contribution is -0.136. The number of benzene rings is 1. The first-order valence-electron chi connectivity index (χ1n) is 9.75. The van der Waals surface area contributed by atoms with Crippen LogP contribution in [0.3, 0.4) is 0 Å². The molecule has 1 atom stereocenters. The highest BCUT2D eigenvalue weighted by Gasteiger charge is 2.31. The Bertz CT molecular complexity index is 892. The molecule has 1 aromatic carbocycles. The number of nitrogens with zero attached hydrogens (tertiary/aromatic N) is 3. The topological polar surface area (TPSA) is 67.2 Å². The second-order valence-electron chi connectivity index (χ2n) is 7.64. The largest absolute Gasteiger partial charge is 0.327 e. The number of amides is 2. The fraction of sp³-hybridized carbons (Fsp3) is 0.409. The SMILES string of the molecule is CC(C)=CC(=O)N1CCCC[C@@H]1C(=O)Nc1ccc(-n2nc(C)cc2C)cc1. The Balaban J connectivity index is 1.71. The van der Waals surface area contributed by atoms with Crippen molar-refractivity contribution in [3.8, 4) is 5.69 Å². The second kappa shape index (κ2) is 8.42. The molecule has 28 heavy (non-hydrogen) atoms. The minimum Gasteiger partial charge on any atom is -0.327 e. The van der Waals surface area contributed by atoms with Gasteiger partial charge in [-0.1, -0.05) is 5.57 Å². The van der Waals surface area contributed by atoms with E-state index in [9.17, 15) is 9.59 Å². The Kier molecular flexibility index (Phi) is 5.97. The zero-order valence-corrected chi connectivity index (χ0v) is 17.0. The van der Waals surface area contributed by atoms with Gasteiger partial charge < -0.3 is 10.2 Å². The first-order valence-corrected chi connectivity index (χ1v) is 9.75. The maximum atomic E-state index is 12.8. The lowest BCUT2D eigenvalue weighted by atomic mass is 10.0. The number of nitrogens with one attached hydrogen (secondary N) is 1. The predicted octanol–water partition coefficient (Wildman–Crippen LogP) is 3.77. The zero-order valence-electron chi connectivity index (χ0n) is 17.0. The maximum absolute atomic E-state index is 12.8. The summed E-state index contributed by atoms with van der Waals surface area (Å²) in [6.45, 7) is 8.38. The van der Waals surface area contributed by atoms with E-state index < -0.39 is 6.04 Å². The summed E-state index contributed by atoms with van der Waals surface area (Å²) >= 11 is 0. The zero-order chi connectivity index (χ0) is 20.3. The molecule has 1 aliphatic rings. The number of likely N-dealkylation sites (tertiary alicyclic amines) is 1. The molecule has 2 heterocycles. The third-order valence-electron chi connectivity index (χ3n) is 4.89. The third-order valence-corrected chi connectivity index (χ3v) is 4.89. The molecule has 0 spiro atoms. The van der Waals surface area contributed by atoms with Crippen LogP contribution in [0.5, 0.6) is 0 Å². The van der Waals surface area contributed by atoms with Crippen LogP contribution in [0.25, 0.3) is 5.69 Å². The van der Waals surface area contributed by atoms with Crippen molar-refractivity contribution in [3.63, 3.8) is 0 Å². The Hall–Kier alpha value is -2.89. The summed E-state index contributed by atoms with van der Waals surface area (Å²) in [5, 5.41) is 7.44. The molecule has 2 amide bonds. The van der Waals surface area contributed by atoms with Gasteiger partial charge in [-0.25, -0.2) is 4.68 Å². The van der Waals surface area contributed by atoms with E-state index in [1.165, 1.54) is 0 Å². The van der Waals surface area contributed by atoms with Crippen LogP contribution in [0, 0.1) is 13.8 Å². The lowest BCUT2D eigenvalue weighted by Gasteiger charge is -2.34. The summed E-state index contributed by atoms with van der Waals surface area (Å²) in [6, 6.07) is 9.21. The molecule has 0 unspecified atom stereocenters. The van der Waals surface area contributed by atoms with Crippen LogP contribution in [-0.4, -0.2) is 39.1 Å². The number of anilines is 1. The van der Waals surface area contributed by atoms with Crippen LogP contribution in [0.1, 0.15) is 44.5 Å². The van der Waals surface area contributed by atoms with Crippen molar-refractivity contribution in [2.75, 3.05) is 11.9 Å². The molecule has 0 radical (unpaired) electrons. The van der Waals surface area contributed by atoms with E-state index in [0.29, 0.717) is 13.0 Å². The third kappa shape index (κ3) is 4.50. The number of carbonyl (C=O) groups excluding carboxylic acids is 2. The highest BCUT2D eigenvalue weighted by atomic mass is 16.2. The van der Waals surface area contributed by atoms with Gasteiger partial charge in [0.1, 0.15) is 6.04 Å². The Morgan fingerprint density at radius 1 is 1.14 bits per heavy atom. The van der Waals surface area contributed by atoms with Crippen molar-refractivity contribution in [3.05, 3.63) is 53.4 Å². The molecule has 148 valence electrons. The number of carbonyl (C=O) groups is 2. The number of aromatic nitrogens is 2. The van der Waals surface area contributed by atoms with Crippen LogP contribution in [0.2, 0.25) is 0 Å². The molecule has 0 saturated carbocycles. The number of hydrogen-bond acceptors (Lipinski definition) is 3. The number of rotatable bonds is 4. The van der Waals surface area contributed by atoms with E-state index in [1.54, 1.807) is 11.0 Å². The summed E-state index contributed by atoms with van der Waals surface area (Å²) in [6.07, 6.45) is 4.18. The van der Waals surface area contributed by atoms with Crippen LogP contribution in [0.15, 0.2) is 42.0 Å². The van der Waals surface area contributed by atoms with Crippen molar-refractivity contribution in [2.45, 2.75) is 53.0 Å². The molecule has 1 aromatic heterocycles. The molecule has 1 aliphatic heterocycles. The molecule has 0 aliphatic carbocycles. The van der Waals surface area contributed by atoms with Crippen LogP contribution >= 0.6 is 0 Å². The van der Waals surface area contributed by atoms with Crippen LogP contribution < -0.4 is 5.32 Å². The summed E-state index contributed by atoms with van der Waals surface area (Å²) in [7, 11) is 0. The minimum absolute atomic E-state index is 0.0836. The first kappa shape index (κ1) is 19.9. The predicted molar refractivity (Wildman–Crippen MR) is 110 cm³/mol. The first-order chi connectivity index (χ1) is 13.3. The summed E-state index contributed by atoms with van der Waals surface area (Å²) in [4.78, 5) is 27.0. The fourth-order valence-corrected chi connectivity index (χ4v) is 3.60. The molecule has 1 N–H and O–H groups in total. The molecule has 1 fully saturated rings. The maximum Gasteiger partial charge on any atom is 0.247 e. The average molecular weight is 380 g/mol. The van der Waals surface area contributed by atoms with Gasteiger partial charge in [0.15, 0.2) is 0 Å². The summed E-state index contributed by atoms with van der Waals surface area (Å²) in [5.74, 6) is -0.214. The summed E-state index contributed by atoms with van der Waals surface area (Å²) in [5.41, 5.74) is 4.63. The van der Waals surface area contributed by atoms with E-state index in [2.05, 4.69) is 10.4 Å². The van der Waals surface area contributed by atoms with Gasteiger partial charge in [0.25, 0.3) is 0 Å². The highest BCUT2D eigenvalue weighted by molar-refractivity contribution is 5.99. The molecule has 6 heteroatoms. The van der Waals surface area contributed by atoms with E-state index in [4.69, 9.17) is 0 Å². The lowest BCUT2D eigenvalue weighted by Crippen LogP contribution is -2.49. The standard InChI is InChI=1S/C22H28N4O2/c1-15(2)13-21(27)25-12-6-5-7-20(25)22(28)23-18-8-10-19(11-9-18)26-17(4)14-16(3)24-26/h8-11,13-14,20H,5-7,12H2,1-4H3,(H,23,28)/t20-/m1/s1. The molecule has 1 saturated heterocycles. The fourth-order valence-electron chi connectivity index (χ4n) is 3.60. The van der Waals surface area contributed by atoms with Crippen molar-refractivity contribution in [1.29, 1.82) is 0 Å². The number of allylic oxidation sites excluding steroid dienone is 1. The minimum atomic E-state index is -0.424. The average Bonchev–Trinajstić information content (AvgIpc) is 3.00. The van der Waals surface area contributed by atoms with Gasteiger partial charge in [-0.05, 0) is 77.3 Å². The normalized spacial score (nSPS) is 16.6. The van der Waals surface area contributed by atoms with Crippen LogP contribution in [-0.2, 0) is 9.59 Å². The Labute approximate surface area is 166 Å². The second-order valence-corrected chi connectivity index (χ2v) is 7.64. The Morgan fingerprint density at radius 3 is 2.46 bits per heavy atom. The van der Waals surface area contributed by atoms with E-state index in [0.717, 1.165) is 41.2 Å². The quantitative estimate of drug-likeness (QED) is 0.821. The Morgan fingerprint density at radius 2 is 1.86 bits per heavy atom. The van der Waals surface area contributed by atoms with E-state index >= 15 is 0 Å². The van der Waals surface area contributed by atoms with Crippen molar-refractivity contribution in [1.82, 2.24) is 14.7 Å². The molecular formula is C22H28N4O2. The van der Waals surface area contributed by atoms with Gasteiger partial charge in [0.05, 0.1) is 11.4 Å². The highest BCUT2D eigenvalue weighted by Crippen LogP contribution is 2.21. The number of aryl methyl sites for hydroxylation is 2. The molecule has 6 nitrogen and oxygen atoms in total. The molecule has 0 bridgehead atoms. The van der Waals surface area contributed by atoms with Gasteiger partial charge >= 0.3 is 0 Å². The monoisotopic (exact) mass is 380 g/mol. The smallest absolute Gasteiger partial charge is 0.247 e. The molecule has 2 aromatic rings. The van der Waals surface area contributed by atoms with E-state index in [-0.39, 0.29) is 11.8 Å². The van der Waals surface area contributed by atoms with Crippen molar-refractivity contribution >= 4 is 17.5 Å².